The molecule has 0 aliphatic carbocycles. The average molecular weight is 352 g/mol. The molecule has 25 heavy (non-hydrogen) atoms. The Morgan fingerprint density at radius 3 is 2.40 bits per heavy atom. The summed E-state index contributed by atoms with van der Waals surface area (Å²) in [6.45, 7) is 9.15. The van der Waals surface area contributed by atoms with Crippen molar-refractivity contribution in [2.24, 2.45) is 0 Å². The molecule has 0 aliphatic heterocycles. The van der Waals surface area contributed by atoms with E-state index in [9.17, 15) is 0 Å². The second-order valence-corrected chi connectivity index (χ2v) is 7.18. The molecule has 0 radical (unpaired) electrons. The van der Waals surface area contributed by atoms with E-state index in [0.717, 1.165) is 24.3 Å². The number of aryl methyl sites for hydroxylation is 3. The third kappa shape index (κ3) is 3.77. The molecule has 2 nitrogen and oxygen atoms in total. The topological polar surface area (TPSA) is 22.1 Å². The summed E-state index contributed by atoms with van der Waals surface area (Å²) in [5, 5.41) is 0. The molecule has 0 aliphatic rings. The van der Waals surface area contributed by atoms with Gasteiger partial charge in [0.15, 0.2) is 0 Å². The second-order valence-electron chi connectivity index (χ2n) is 6.32. The number of ether oxygens (including phenoxy) is 1. The smallest absolute Gasteiger partial charge is 0.122 e. The van der Waals surface area contributed by atoms with Gasteiger partial charge in [0.2, 0.25) is 0 Å². The van der Waals surface area contributed by atoms with E-state index in [4.69, 9.17) is 9.11 Å². The highest BCUT2D eigenvalue weighted by molar-refractivity contribution is 7.06. The molecule has 3 heteroatoms. The Morgan fingerprint density at radius 2 is 1.72 bits per heavy atom. The van der Waals surface area contributed by atoms with E-state index in [2.05, 4.69) is 64.1 Å². The van der Waals surface area contributed by atoms with Crippen molar-refractivity contribution in [2.45, 2.75) is 47.1 Å². The second kappa shape index (κ2) is 7.83. The van der Waals surface area contributed by atoms with Gasteiger partial charge in [0.25, 0.3) is 0 Å². The molecular formula is C22H25NOS. The van der Waals surface area contributed by atoms with E-state index in [1.165, 1.54) is 32.7 Å². The molecule has 1 heterocycles. The molecule has 3 rings (SSSR count). The van der Waals surface area contributed by atoms with E-state index in [1.807, 2.05) is 6.07 Å². The fraction of sp³-hybridized carbons (Fsp3) is 0.318. The van der Waals surface area contributed by atoms with Crippen molar-refractivity contribution in [1.82, 2.24) is 4.37 Å². The molecular weight excluding hydrogens is 326 g/mol. The van der Waals surface area contributed by atoms with Gasteiger partial charge in [-0.3, -0.25) is 0 Å². The quantitative estimate of drug-likeness (QED) is 0.533. The monoisotopic (exact) mass is 351 g/mol. The summed E-state index contributed by atoms with van der Waals surface area (Å²) in [4.78, 5) is 1.31. The highest BCUT2D eigenvalue weighted by atomic mass is 32.1. The van der Waals surface area contributed by atoms with Crippen molar-refractivity contribution >= 4 is 11.5 Å². The van der Waals surface area contributed by atoms with Crippen molar-refractivity contribution in [3.05, 3.63) is 69.6 Å². The van der Waals surface area contributed by atoms with Crippen LogP contribution in [0.4, 0.5) is 0 Å². The summed E-state index contributed by atoms with van der Waals surface area (Å²) in [5.74, 6) is 0.959. The molecule has 0 bridgehead atoms. The summed E-state index contributed by atoms with van der Waals surface area (Å²) >= 11 is 1.59. The van der Waals surface area contributed by atoms with Gasteiger partial charge in [0.1, 0.15) is 12.4 Å². The van der Waals surface area contributed by atoms with Crippen LogP contribution in [-0.4, -0.2) is 4.37 Å². The lowest BCUT2D eigenvalue weighted by molar-refractivity contribution is 0.303. The minimum atomic E-state index is 0.564. The van der Waals surface area contributed by atoms with Crippen LogP contribution in [0.25, 0.3) is 11.3 Å². The zero-order valence-corrected chi connectivity index (χ0v) is 16.2. The van der Waals surface area contributed by atoms with Crippen LogP contribution < -0.4 is 4.74 Å². The van der Waals surface area contributed by atoms with Gasteiger partial charge in [-0.2, -0.15) is 4.37 Å². The molecule has 130 valence electrons. The van der Waals surface area contributed by atoms with E-state index < -0.39 is 0 Å². The molecule has 0 atom stereocenters. The Labute approximate surface area is 154 Å². The summed E-state index contributed by atoms with van der Waals surface area (Å²) in [6.07, 6.45) is 2.04. The Morgan fingerprint density at radius 1 is 0.960 bits per heavy atom. The van der Waals surface area contributed by atoms with Crippen molar-refractivity contribution in [2.75, 3.05) is 0 Å². The summed E-state index contributed by atoms with van der Waals surface area (Å²) < 4.78 is 10.9. The predicted octanol–water partition coefficient (Wildman–Crippen LogP) is 6.13. The van der Waals surface area contributed by atoms with Crippen LogP contribution >= 0.6 is 11.5 Å². The molecule has 0 N–H and O–H groups in total. The molecule has 0 fully saturated rings. The number of nitrogens with zero attached hydrogens (tertiary/aromatic N) is 1. The van der Waals surface area contributed by atoms with E-state index in [0.29, 0.717) is 6.61 Å². The molecule has 0 unspecified atom stereocenters. The van der Waals surface area contributed by atoms with Gasteiger partial charge in [-0.05, 0) is 61.0 Å². The molecule has 0 saturated carbocycles. The van der Waals surface area contributed by atoms with Gasteiger partial charge in [-0.25, -0.2) is 0 Å². The number of aromatic nitrogens is 1. The molecule has 1 aromatic heterocycles. The van der Waals surface area contributed by atoms with Crippen molar-refractivity contribution in [1.29, 1.82) is 0 Å². The Bertz CT molecular complexity index is 849. The minimum absolute atomic E-state index is 0.564. The van der Waals surface area contributed by atoms with Crippen molar-refractivity contribution in [3.63, 3.8) is 0 Å². The van der Waals surface area contributed by atoms with Crippen molar-refractivity contribution < 1.29 is 4.74 Å². The maximum Gasteiger partial charge on any atom is 0.122 e. The Kier molecular flexibility index (Phi) is 5.54. The van der Waals surface area contributed by atoms with Gasteiger partial charge in [-0.1, -0.05) is 50.2 Å². The van der Waals surface area contributed by atoms with Gasteiger partial charge in [0, 0.05) is 16.0 Å². The van der Waals surface area contributed by atoms with Crippen LogP contribution in [0.3, 0.4) is 0 Å². The molecule has 0 amide bonds. The van der Waals surface area contributed by atoms with Gasteiger partial charge >= 0.3 is 0 Å². The first kappa shape index (κ1) is 17.7. The van der Waals surface area contributed by atoms with Crippen LogP contribution in [0.15, 0.2) is 42.5 Å². The summed E-state index contributed by atoms with van der Waals surface area (Å²) in [7, 11) is 0. The van der Waals surface area contributed by atoms with Crippen LogP contribution in [0.1, 0.15) is 41.0 Å². The van der Waals surface area contributed by atoms with Crippen molar-refractivity contribution in [3.8, 4) is 17.0 Å². The number of hydrogen-bond acceptors (Lipinski definition) is 3. The first-order valence-electron chi connectivity index (χ1n) is 8.89. The Balaban J connectivity index is 1.89. The molecule has 3 aromatic rings. The normalized spacial score (nSPS) is 10.9. The lowest BCUT2D eigenvalue weighted by atomic mass is 10.0. The zero-order chi connectivity index (χ0) is 17.8. The van der Waals surface area contributed by atoms with E-state index in [-0.39, 0.29) is 0 Å². The predicted molar refractivity (Wildman–Crippen MR) is 107 cm³/mol. The summed E-state index contributed by atoms with van der Waals surface area (Å²) in [5.41, 5.74) is 7.27. The number of rotatable bonds is 6. The number of benzene rings is 2. The highest BCUT2D eigenvalue weighted by Gasteiger charge is 2.15. The van der Waals surface area contributed by atoms with Crippen LogP contribution in [0.2, 0.25) is 0 Å². The van der Waals surface area contributed by atoms with E-state index >= 15 is 0 Å². The number of hydrogen-bond donors (Lipinski definition) is 0. The summed E-state index contributed by atoms with van der Waals surface area (Å²) in [6, 6.07) is 14.9. The Hall–Kier alpha value is -2.13. The maximum absolute atomic E-state index is 6.18. The first-order valence-corrected chi connectivity index (χ1v) is 9.67. The van der Waals surface area contributed by atoms with Gasteiger partial charge < -0.3 is 4.74 Å². The van der Waals surface area contributed by atoms with Gasteiger partial charge in [-0.15, -0.1) is 0 Å². The fourth-order valence-corrected chi connectivity index (χ4v) is 3.74. The largest absolute Gasteiger partial charge is 0.489 e. The average Bonchev–Trinajstić information content (AvgIpc) is 3.06. The maximum atomic E-state index is 6.18. The molecule has 2 aromatic carbocycles. The standard InChI is InChI=1S/C22H25NOS/c1-5-17-10-12-18(13-11-17)22-19(21(6-2)25-23-22)14-24-20-9-7-8-15(3)16(20)4/h7-13H,5-6,14H2,1-4H3. The van der Waals surface area contributed by atoms with Crippen LogP contribution in [0, 0.1) is 13.8 Å². The third-order valence-corrected chi connectivity index (χ3v) is 5.78. The SMILES string of the molecule is CCc1ccc(-c2nsc(CC)c2COc2cccc(C)c2C)cc1. The molecule has 0 saturated heterocycles. The lowest BCUT2D eigenvalue weighted by Gasteiger charge is -2.12. The molecule has 0 spiro atoms. The van der Waals surface area contributed by atoms with Crippen LogP contribution in [0.5, 0.6) is 5.75 Å². The zero-order valence-electron chi connectivity index (χ0n) is 15.4. The fourth-order valence-electron chi connectivity index (χ4n) is 2.93. The first-order chi connectivity index (χ1) is 12.1. The highest BCUT2D eigenvalue weighted by Crippen LogP contribution is 2.31. The van der Waals surface area contributed by atoms with E-state index in [1.54, 1.807) is 11.5 Å². The van der Waals surface area contributed by atoms with Crippen LogP contribution in [-0.2, 0) is 19.4 Å². The van der Waals surface area contributed by atoms with Gasteiger partial charge in [0.05, 0.1) is 5.69 Å². The third-order valence-electron chi connectivity index (χ3n) is 4.75. The minimum Gasteiger partial charge on any atom is -0.489 e. The lowest BCUT2D eigenvalue weighted by Crippen LogP contribution is -2.01.